The second-order valence-electron chi connectivity index (χ2n) is 6.27. The minimum atomic E-state index is -0.905. The molecule has 0 aromatic carbocycles. The maximum absolute atomic E-state index is 12.2. The molecule has 0 bridgehead atoms. The Hall–Kier alpha value is -3.11. The summed E-state index contributed by atoms with van der Waals surface area (Å²) in [5.41, 5.74) is 0.0559. The molecule has 10 nitrogen and oxygen atoms in total. The number of hydrogen-bond donors (Lipinski definition) is 2. The molecule has 4 rings (SSSR count). The molecule has 0 spiro atoms. The molecule has 0 saturated carbocycles. The lowest BCUT2D eigenvalue weighted by molar-refractivity contribution is -0.0256. The van der Waals surface area contributed by atoms with Crippen LogP contribution in [0.4, 0.5) is 0 Å². The molecule has 10 heteroatoms. The third-order valence-electron chi connectivity index (χ3n) is 4.61. The topological polar surface area (TPSA) is 128 Å². The number of rotatable bonds is 4. The summed E-state index contributed by atoms with van der Waals surface area (Å²) in [6.45, 7) is 1.88. The van der Waals surface area contributed by atoms with Crippen molar-refractivity contribution >= 4 is 0 Å². The molecule has 1 aliphatic rings. The van der Waals surface area contributed by atoms with Gasteiger partial charge in [-0.05, 0) is 18.6 Å². The van der Waals surface area contributed by atoms with E-state index >= 15 is 0 Å². The second-order valence-corrected chi connectivity index (χ2v) is 6.27. The number of ether oxygens (including phenoxy) is 1. The van der Waals surface area contributed by atoms with Gasteiger partial charge in [0.05, 0.1) is 18.0 Å². The molecule has 4 heterocycles. The predicted molar refractivity (Wildman–Crippen MR) is 93.8 cm³/mol. The molecular formula is C17H18N6O4. The van der Waals surface area contributed by atoms with Crippen molar-refractivity contribution < 1.29 is 9.84 Å². The smallest absolute Gasteiger partial charge is 0.330 e. The molecule has 1 fully saturated rings. The number of aromatic amines is 1. The van der Waals surface area contributed by atoms with E-state index in [9.17, 15) is 14.7 Å². The largest absolute Gasteiger partial charge is 0.388 e. The van der Waals surface area contributed by atoms with Crippen LogP contribution in [-0.4, -0.2) is 46.8 Å². The van der Waals surface area contributed by atoms with Gasteiger partial charge in [0.25, 0.3) is 5.56 Å². The first-order chi connectivity index (χ1) is 13.1. The van der Waals surface area contributed by atoms with Crippen LogP contribution in [0, 0.1) is 0 Å². The van der Waals surface area contributed by atoms with Crippen molar-refractivity contribution in [3.05, 3.63) is 63.7 Å². The fraction of sp³-hybridized carbons (Fsp3) is 0.353. The van der Waals surface area contributed by atoms with Crippen molar-refractivity contribution in [3.8, 4) is 11.4 Å². The van der Waals surface area contributed by atoms with Crippen molar-refractivity contribution in [1.82, 2.24) is 29.5 Å². The van der Waals surface area contributed by atoms with Gasteiger partial charge in [-0.1, -0.05) is 18.2 Å². The highest BCUT2D eigenvalue weighted by molar-refractivity contribution is 5.51. The van der Waals surface area contributed by atoms with E-state index in [-0.39, 0.29) is 0 Å². The number of aliphatic hydroxyl groups is 1. The first kappa shape index (κ1) is 17.3. The maximum Gasteiger partial charge on any atom is 0.330 e. The van der Waals surface area contributed by atoms with Gasteiger partial charge in [-0.15, -0.1) is 5.10 Å². The summed E-state index contributed by atoms with van der Waals surface area (Å²) in [4.78, 5) is 30.0. The Kier molecular flexibility index (Phi) is 4.42. The van der Waals surface area contributed by atoms with E-state index < -0.39 is 35.7 Å². The molecule has 0 aliphatic carbocycles. The molecule has 1 saturated heterocycles. The highest BCUT2D eigenvalue weighted by Gasteiger charge is 2.46. The molecule has 0 amide bonds. The summed E-state index contributed by atoms with van der Waals surface area (Å²) in [5, 5.41) is 19.0. The Morgan fingerprint density at radius 1 is 1.26 bits per heavy atom. The second kappa shape index (κ2) is 6.89. The number of H-pyrrole nitrogens is 1. The fourth-order valence-electron chi connectivity index (χ4n) is 3.27. The summed E-state index contributed by atoms with van der Waals surface area (Å²) in [7, 11) is 0. The zero-order valence-electron chi connectivity index (χ0n) is 14.5. The Bertz CT molecular complexity index is 1040. The van der Waals surface area contributed by atoms with Gasteiger partial charge in [0.2, 0.25) is 0 Å². The van der Waals surface area contributed by atoms with Gasteiger partial charge in [-0.3, -0.25) is 19.3 Å². The van der Waals surface area contributed by atoms with Crippen LogP contribution in [0.25, 0.3) is 11.4 Å². The molecule has 2 N–H and O–H groups in total. The van der Waals surface area contributed by atoms with Crippen molar-refractivity contribution in [1.29, 1.82) is 0 Å². The van der Waals surface area contributed by atoms with E-state index in [1.165, 1.54) is 21.5 Å². The first-order valence-electron chi connectivity index (χ1n) is 8.56. The zero-order chi connectivity index (χ0) is 19.0. The fourth-order valence-corrected chi connectivity index (χ4v) is 3.27. The molecule has 4 atom stereocenters. The van der Waals surface area contributed by atoms with Gasteiger partial charge in [-0.2, -0.15) is 0 Å². The predicted octanol–water partition coefficient (Wildman–Crippen LogP) is 0.0997. The summed E-state index contributed by atoms with van der Waals surface area (Å²) in [6.07, 6.45) is 2.97. The number of hydrogen-bond acceptors (Lipinski definition) is 7. The quantitative estimate of drug-likeness (QED) is 0.666. The lowest BCUT2D eigenvalue weighted by atomic mass is 10.1. The zero-order valence-corrected chi connectivity index (χ0v) is 14.5. The number of nitrogens with one attached hydrogen (secondary N) is 1. The molecule has 0 radical (unpaired) electrons. The normalized spacial score (nSPS) is 25.0. The van der Waals surface area contributed by atoms with Crippen molar-refractivity contribution in [2.45, 2.75) is 37.8 Å². The van der Waals surface area contributed by atoms with Crippen LogP contribution in [-0.2, 0) is 4.74 Å². The van der Waals surface area contributed by atoms with Crippen LogP contribution < -0.4 is 11.2 Å². The molecule has 140 valence electrons. The first-order valence-corrected chi connectivity index (χ1v) is 8.56. The van der Waals surface area contributed by atoms with Gasteiger partial charge in [-0.25, -0.2) is 9.48 Å². The van der Waals surface area contributed by atoms with Crippen LogP contribution in [0.1, 0.15) is 25.6 Å². The van der Waals surface area contributed by atoms with Crippen LogP contribution >= 0.6 is 0 Å². The van der Waals surface area contributed by atoms with E-state index in [0.29, 0.717) is 17.8 Å². The maximum atomic E-state index is 12.2. The molecule has 27 heavy (non-hydrogen) atoms. The molecule has 3 aromatic rings. The SMILES string of the molecule is CC[C@H]1O[C@@H](n2ccc(=O)[nH]c2=O)[C@@H](n2cc(-c3ccccn3)nn2)C1O. The van der Waals surface area contributed by atoms with Gasteiger partial charge in [0.15, 0.2) is 6.23 Å². The Morgan fingerprint density at radius 2 is 2.11 bits per heavy atom. The summed E-state index contributed by atoms with van der Waals surface area (Å²) >= 11 is 0. The number of aromatic nitrogens is 6. The van der Waals surface area contributed by atoms with Crippen molar-refractivity contribution in [2.75, 3.05) is 0 Å². The van der Waals surface area contributed by atoms with E-state index in [2.05, 4.69) is 20.3 Å². The number of aliphatic hydroxyl groups excluding tert-OH is 1. The number of pyridine rings is 1. The Morgan fingerprint density at radius 3 is 2.81 bits per heavy atom. The van der Waals surface area contributed by atoms with E-state index in [1.807, 2.05) is 13.0 Å². The summed E-state index contributed by atoms with van der Waals surface area (Å²) < 4.78 is 8.62. The van der Waals surface area contributed by atoms with Crippen LogP contribution in [0.3, 0.4) is 0 Å². The molecular weight excluding hydrogens is 352 g/mol. The average molecular weight is 370 g/mol. The molecule has 3 aromatic heterocycles. The van der Waals surface area contributed by atoms with Crippen LogP contribution in [0.5, 0.6) is 0 Å². The van der Waals surface area contributed by atoms with E-state index in [4.69, 9.17) is 4.74 Å². The minimum Gasteiger partial charge on any atom is -0.388 e. The lowest BCUT2D eigenvalue weighted by Crippen LogP contribution is -2.36. The van der Waals surface area contributed by atoms with Crippen molar-refractivity contribution in [3.63, 3.8) is 0 Å². The highest BCUT2D eigenvalue weighted by Crippen LogP contribution is 2.38. The summed E-state index contributed by atoms with van der Waals surface area (Å²) in [6, 6.07) is 5.98. The summed E-state index contributed by atoms with van der Waals surface area (Å²) in [5.74, 6) is 0. The van der Waals surface area contributed by atoms with E-state index in [0.717, 1.165) is 0 Å². The third-order valence-corrected chi connectivity index (χ3v) is 4.61. The number of nitrogens with zero attached hydrogens (tertiary/aromatic N) is 5. The lowest BCUT2D eigenvalue weighted by Gasteiger charge is -2.21. The Balaban J connectivity index is 1.75. The van der Waals surface area contributed by atoms with Gasteiger partial charge >= 0.3 is 5.69 Å². The van der Waals surface area contributed by atoms with Crippen molar-refractivity contribution in [2.24, 2.45) is 0 Å². The highest BCUT2D eigenvalue weighted by atomic mass is 16.5. The monoisotopic (exact) mass is 370 g/mol. The molecule has 1 aliphatic heterocycles. The van der Waals surface area contributed by atoms with Gasteiger partial charge < -0.3 is 9.84 Å². The minimum absolute atomic E-state index is 0.485. The van der Waals surface area contributed by atoms with E-state index in [1.54, 1.807) is 24.5 Å². The average Bonchev–Trinajstić information content (AvgIpc) is 3.27. The van der Waals surface area contributed by atoms with Crippen LogP contribution in [0.15, 0.2) is 52.4 Å². The Labute approximate surface area is 153 Å². The third kappa shape index (κ3) is 3.09. The van der Waals surface area contributed by atoms with Gasteiger partial charge in [0, 0.05) is 18.5 Å². The standard InChI is InChI=1S/C17H18N6O4/c1-2-12-15(25)14(16(27-12)22-8-6-13(24)19-17(22)26)23-9-11(20-21-23)10-5-3-4-7-18-10/h3-9,12,14-16,25H,2H2,1H3,(H,19,24,26)/t12-,14+,15?,16-/m1/s1. The van der Waals surface area contributed by atoms with Crippen LogP contribution in [0.2, 0.25) is 0 Å². The molecule has 1 unspecified atom stereocenters. The van der Waals surface area contributed by atoms with Gasteiger partial charge in [0.1, 0.15) is 17.8 Å².